The third-order valence-corrected chi connectivity index (χ3v) is 3.54. The lowest BCUT2D eigenvalue weighted by atomic mass is 10.1. The van der Waals surface area contributed by atoms with Crippen molar-refractivity contribution in [1.29, 1.82) is 0 Å². The average Bonchev–Trinajstić information content (AvgIpc) is 2.82. The summed E-state index contributed by atoms with van der Waals surface area (Å²) in [6.07, 6.45) is 1.97. The number of halogens is 1. The first kappa shape index (κ1) is 15.5. The first-order chi connectivity index (χ1) is 10.0. The number of imidazole rings is 1. The molecule has 1 atom stereocenters. The van der Waals surface area contributed by atoms with Gasteiger partial charge in [-0.05, 0) is 38.0 Å². The predicted octanol–water partition coefficient (Wildman–Crippen LogP) is 3.31. The Hall–Kier alpha value is -1.88. The molecule has 0 aliphatic rings. The van der Waals surface area contributed by atoms with Gasteiger partial charge in [0, 0.05) is 19.9 Å². The Balaban J connectivity index is 2.25. The summed E-state index contributed by atoms with van der Waals surface area (Å²) >= 11 is 0. The van der Waals surface area contributed by atoms with Crippen molar-refractivity contribution < 1.29 is 9.13 Å². The standard InChI is InChI=1S/C16H22FN3O/c1-11-5-6-14(9-15(11)17)13(3)20-10-12(2)19-16(20)18-7-8-21-4/h5-6,9-10,13H,7-8H2,1-4H3,(H,18,19). The van der Waals surface area contributed by atoms with Crippen molar-refractivity contribution >= 4 is 5.95 Å². The van der Waals surface area contributed by atoms with Crippen molar-refractivity contribution in [2.75, 3.05) is 25.6 Å². The fourth-order valence-electron chi connectivity index (χ4n) is 2.24. The van der Waals surface area contributed by atoms with E-state index in [1.807, 2.05) is 36.7 Å². The van der Waals surface area contributed by atoms with Gasteiger partial charge in [0.1, 0.15) is 5.82 Å². The molecule has 0 amide bonds. The Bertz CT molecular complexity index is 610. The van der Waals surface area contributed by atoms with E-state index in [1.165, 1.54) is 0 Å². The molecule has 0 aliphatic heterocycles. The van der Waals surface area contributed by atoms with Gasteiger partial charge in [0.05, 0.1) is 18.3 Å². The lowest BCUT2D eigenvalue weighted by Crippen LogP contribution is -2.15. The van der Waals surface area contributed by atoms with Crippen LogP contribution >= 0.6 is 0 Å². The van der Waals surface area contributed by atoms with Gasteiger partial charge < -0.3 is 14.6 Å². The average molecular weight is 291 g/mol. The normalized spacial score (nSPS) is 12.4. The summed E-state index contributed by atoms with van der Waals surface area (Å²) in [4.78, 5) is 4.47. The maximum absolute atomic E-state index is 13.8. The molecule has 5 heteroatoms. The highest BCUT2D eigenvalue weighted by molar-refractivity contribution is 5.33. The van der Waals surface area contributed by atoms with Crippen LogP contribution in [0.3, 0.4) is 0 Å². The van der Waals surface area contributed by atoms with E-state index >= 15 is 0 Å². The monoisotopic (exact) mass is 291 g/mol. The van der Waals surface area contributed by atoms with Crippen molar-refractivity contribution in [3.63, 3.8) is 0 Å². The van der Waals surface area contributed by atoms with Gasteiger partial charge in [-0.1, -0.05) is 12.1 Å². The lowest BCUT2D eigenvalue weighted by molar-refractivity contribution is 0.210. The van der Waals surface area contributed by atoms with Gasteiger partial charge in [-0.2, -0.15) is 0 Å². The van der Waals surface area contributed by atoms with E-state index < -0.39 is 0 Å². The summed E-state index contributed by atoms with van der Waals surface area (Å²) in [5, 5.41) is 3.24. The molecule has 4 nitrogen and oxygen atoms in total. The third-order valence-electron chi connectivity index (χ3n) is 3.54. The fraction of sp³-hybridized carbons (Fsp3) is 0.438. The SMILES string of the molecule is COCCNc1nc(C)cn1C(C)c1ccc(C)c(F)c1. The first-order valence-corrected chi connectivity index (χ1v) is 7.07. The molecule has 1 heterocycles. The van der Waals surface area contributed by atoms with Crippen LogP contribution in [0.2, 0.25) is 0 Å². The van der Waals surface area contributed by atoms with Crippen LogP contribution in [-0.4, -0.2) is 29.8 Å². The molecule has 0 aliphatic carbocycles. The topological polar surface area (TPSA) is 39.1 Å². The molecule has 0 fully saturated rings. The molecule has 0 bridgehead atoms. The van der Waals surface area contributed by atoms with Crippen molar-refractivity contribution in [3.05, 3.63) is 47.0 Å². The number of nitrogens with zero attached hydrogens (tertiary/aromatic N) is 2. The van der Waals surface area contributed by atoms with E-state index in [-0.39, 0.29) is 11.9 Å². The van der Waals surface area contributed by atoms with Gasteiger partial charge in [-0.15, -0.1) is 0 Å². The Morgan fingerprint density at radius 2 is 2.14 bits per heavy atom. The molecule has 1 unspecified atom stereocenters. The summed E-state index contributed by atoms with van der Waals surface area (Å²) < 4.78 is 20.8. The fourth-order valence-corrected chi connectivity index (χ4v) is 2.24. The van der Waals surface area contributed by atoms with Gasteiger partial charge in [-0.3, -0.25) is 0 Å². The molecule has 2 aromatic rings. The zero-order chi connectivity index (χ0) is 15.4. The van der Waals surface area contributed by atoms with Crippen molar-refractivity contribution in [2.45, 2.75) is 26.8 Å². The summed E-state index contributed by atoms with van der Waals surface area (Å²) in [7, 11) is 1.66. The molecule has 0 radical (unpaired) electrons. The minimum atomic E-state index is -0.176. The van der Waals surface area contributed by atoms with E-state index in [0.29, 0.717) is 18.7 Å². The number of anilines is 1. The number of rotatable bonds is 6. The van der Waals surface area contributed by atoms with Crippen LogP contribution in [-0.2, 0) is 4.74 Å². The van der Waals surface area contributed by atoms with Gasteiger partial charge in [-0.25, -0.2) is 9.37 Å². The maximum atomic E-state index is 13.8. The summed E-state index contributed by atoms with van der Waals surface area (Å²) in [6.45, 7) is 7.04. The van der Waals surface area contributed by atoms with E-state index in [1.54, 1.807) is 20.1 Å². The molecule has 114 valence electrons. The highest BCUT2D eigenvalue weighted by atomic mass is 19.1. The van der Waals surface area contributed by atoms with Crippen molar-refractivity contribution in [1.82, 2.24) is 9.55 Å². The highest BCUT2D eigenvalue weighted by Crippen LogP contribution is 2.24. The molecule has 0 spiro atoms. The predicted molar refractivity (Wildman–Crippen MR) is 82.3 cm³/mol. The summed E-state index contributed by atoms with van der Waals surface area (Å²) in [6, 6.07) is 5.36. The smallest absolute Gasteiger partial charge is 0.203 e. The second-order valence-electron chi connectivity index (χ2n) is 5.22. The van der Waals surface area contributed by atoms with Gasteiger partial charge in [0.25, 0.3) is 0 Å². The molecule has 0 saturated heterocycles. The number of aryl methyl sites for hydroxylation is 2. The molecule has 21 heavy (non-hydrogen) atoms. The number of hydrogen-bond acceptors (Lipinski definition) is 3. The third kappa shape index (κ3) is 3.61. The van der Waals surface area contributed by atoms with Crippen molar-refractivity contribution in [3.8, 4) is 0 Å². The second kappa shape index (κ2) is 6.72. The number of ether oxygens (including phenoxy) is 1. The Kier molecular flexibility index (Phi) is 4.96. The van der Waals surface area contributed by atoms with E-state index in [0.717, 1.165) is 17.2 Å². The van der Waals surface area contributed by atoms with Gasteiger partial charge >= 0.3 is 0 Å². The highest BCUT2D eigenvalue weighted by Gasteiger charge is 2.14. The van der Waals surface area contributed by atoms with E-state index in [4.69, 9.17) is 4.74 Å². The molecule has 0 saturated carbocycles. The van der Waals surface area contributed by atoms with E-state index in [9.17, 15) is 4.39 Å². The number of aromatic nitrogens is 2. The zero-order valence-corrected chi connectivity index (χ0v) is 13.0. The van der Waals surface area contributed by atoms with Gasteiger partial charge in [0.15, 0.2) is 0 Å². The van der Waals surface area contributed by atoms with Crippen LogP contribution in [0.25, 0.3) is 0 Å². The van der Waals surface area contributed by atoms with Crippen LogP contribution < -0.4 is 5.32 Å². The summed E-state index contributed by atoms with van der Waals surface area (Å²) in [5.41, 5.74) is 2.51. The summed E-state index contributed by atoms with van der Waals surface area (Å²) in [5.74, 6) is 0.600. The van der Waals surface area contributed by atoms with Crippen molar-refractivity contribution in [2.24, 2.45) is 0 Å². The minimum Gasteiger partial charge on any atom is -0.383 e. The maximum Gasteiger partial charge on any atom is 0.203 e. The Morgan fingerprint density at radius 1 is 1.38 bits per heavy atom. The quantitative estimate of drug-likeness (QED) is 0.830. The van der Waals surface area contributed by atoms with Crippen LogP contribution in [0.1, 0.15) is 29.8 Å². The molecule has 1 aromatic carbocycles. The number of nitrogens with one attached hydrogen (secondary N) is 1. The van der Waals surface area contributed by atoms with Crippen LogP contribution in [0.5, 0.6) is 0 Å². The zero-order valence-electron chi connectivity index (χ0n) is 13.0. The van der Waals surface area contributed by atoms with Crippen LogP contribution in [0, 0.1) is 19.7 Å². The number of hydrogen-bond donors (Lipinski definition) is 1. The number of benzene rings is 1. The molecular weight excluding hydrogens is 269 g/mol. The van der Waals surface area contributed by atoms with Gasteiger partial charge in [0.2, 0.25) is 5.95 Å². The molecule has 1 N–H and O–H groups in total. The Labute approximate surface area is 125 Å². The van der Waals surface area contributed by atoms with Crippen LogP contribution in [0.15, 0.2) is 24.4 Å². The van der Waals surface area contributed by atoms with E-state index in [2.05, 4.69) is 10.3 Å². The lowest BCUT2D eigenvalue weighted by Gasteiger charge is -2.18. The molecular formula is C16H22FN3O. The number of methoxy groups -OCH3 is 1. The first-order valence-electron chi connectivity index (χ1n) is 7.07. The van der Waals surface area contributed by atoms with Crippen LogP contribution in [0.4, 0.5) is 10.3 Å². The molecule has 2 rings (SSSR count). The molecule has 1 aromatic heterocycles. The largest absolute Gasteiger partial charge is 0.383 e. The second-order valence-corrected chi connectivity index (χ2v) is 5.22. The Morgan fingerprint density at radius 3 is 2.81 bits per heavy atom. The minimum absolute atomic E-state index is 0.00587.